The fourth-order valence-corrected chi connectivity index (χ4v) is 3.16. The van der Waals surface area contributed by atoms with Gasteiger partial charge in [-0.2, -0.15) is 0 Å². The van der Waals surface area contributed by atoms with Gasteiger partial charge in [0.1, 0.15) is 10.8 Å². The van der Waals surface area contributed by atoms with Crippen LogP contribution in [0.4, 0.5) is 0 Å². The van der Waals surface area contributed by atoms with Gasteiger partial charge in [0.05, 0.1) is 23.8 Å². The second-order valence-corrected chi connectivity index (χ2v) is 6.03. The number of esters is 2. The lowest BCUT2D eigenvalue weighted by atomic mass is 9.84. The van der Waals surface area contributed by atoms with Crippen LogP contribution in [0.1, 0.15) is 43.6 Å². The molecule has 0 unspecified atom stereocenters. The van der Waals surface area contributed by atoms with E-state index in [-0.39, 0.29) is 38.6 Å². The van der Waals surface area contributed by atoms with E-state index in [2.05, 4.69) is 0 Å². The summed E-state index contributed by atoms with van der Waals surface area (Å²) in [6.07, 6.45) is 0. The third-order valence-electron chi connectivity index (χ3n) is 4.00. The first-order valence-electron chi connectivity index (χ1n) is 7.85. The Morgan fingerprint density at radius 2 is 1.59 bits per heavy atom. The molecule has 1 aliphatic rings. The van der Waals surface area contributed by atoms with Crippen molar-refractivity contribution < 1.29 is 28.7 Å². The van der Waals surface area contributed by atoms with Crippen molar-refractivity contribution in [3.8, 4) is 5.75 Å². The zero-order valence-corrected chi connectivity index (χ0v) is 15.1. The molecule has 7 heteroatoms. The van der Waals surface area contributed by atoms with Crippen LogP contribution in [0, 0.1) is 0 Å². The van der Waals surface area contributed by atoms with Crippen molar-refractivity contribution in [1.82, 2.24) is 0 Å². The van der Waals surface area contributed by atoms with Crippen molar-refractivity contribution in [3.05, 3.63) is 69.8 Å². The number of Topliss-reactive ketones (excluding diaryl/α,β-unsaturated/α-hetero) is 2. The number of halogens is 1. The number of methoxy groups -OCH3 is 1. The Balaban J connectivity index is 2.23. The highest BCUT2D eigenvalue weighted by molar-refractivity contribution is 6.57. The highest BCUT2D eigenvalue weighted by Crippen LogP contribution is 2.39. The SMILES string of the molecule is COC(=O)c1ccccc1C1=C(Cl)C(=O)c2c(OC(C)=O)cccc2C1=O. The Kier molecular flexibility index (Phi) is 4.92. The molecule has 0 amide bonds. The third kappa shape index (κ3) is 3.15. The van der Waals surface area contributed by atoms with E-state index in [4.69, 9.17) is 21.1 Å². The zero-order chi connectivity index (χ0) is 19.7. The molecule has 0 saturated heterocycles. The molecule has 3 rings (SSSR count). The number of allylic oxidation sites excluding steroid dienone is 2. The van der Waals surface area contributed by atoms with Gasteiger partial charge in [-0.1, -0.05) is 41.9 Å². The molecule has 0 spiro atoms. The summed E-state index contributed by atoms with van der Waals surface area (Å²) in [7, 11) is 1.21. The molecule has 0 aromatic heterocycles. The van der Waals surface area contributed by atoms with Crippen LogP contribution in [0.2, 0.25) is 0 Å². The molecule has 0 radical (unpaired) electrons. The van der Waals surface area contributed by atoms with Crippen molar-refractivity contribution in [2.75, 3.05) is 7.11 Å². The molecule has 0 aliphatic heterocycles. The molecule has 0 bridgehead atoms. The average Bonchev–Trinajstić information content (AvgIpc) is 2.65. The summed E-state index contributed by atoms with van der Waals surface area (Å²) in [5.41, 5.74) is 0.153. The minimum absolute atomic E-state index is 0.0396. The second-order valence-electron chi connectivity index (χ2n) is 5.66. The molecule has 2 aromatic carbocycles. The Morgan fingerprint density at radius 3 is 2.26 bits per heavy atom. The number of carbonyl (C=O) groups is 4. The summed E-state index contributed by atoms with van der Waals surface area (Å²) < 4.78 is 9.77. The largest absolute Gasteiger partial charge is 0.465 e. The standard InChI is InChI=1S/C20H13ClO6/c1-10(22)27-14-9-5-8-13-15(14)19(24)17(21)16(18(13)23)11-6-3-4-7-12(11)20(25)26-2/h3-9H,1-2H3. The number of ether oxygens (including phenoxy) is 2. The number of fused-ring (bicyclic) bond motifs is 1. The van der Waals surface area contributed by atoms with Crippen LogP contribution < -0.4 is 4.74 Å². The van der Waals surface area contributed by atoms with Gasteiger partial charge in [-0.05, 0) is 12.1 Å². The van der Waals surface area contributed by atoms with E-state index in [1.54, 1.807) is 12.1 Å². The summed E-state index contributed by atoms with van der Waals surface area (Å²) in [5.74, 6) is -2.57. The maximum Gasteiger partial charge on any atom is 0.338 e. The first-order chi connectivity index (χ1) is 12.9. The topological polar surface area (TPSA) is 86.7 Å². The Bertz CT molecular complexity index is 1030. The molecular weight excluding hydrogens is 372 g/mol. The smallest absolute Gasteiger partial charge is 0.338 e. The average molecular weight is 385 g/mol. The van der Waals surface area contributed by atoms with E-state index >= 15 is 0 Å². The number of ketones is 2. The zero-order valence-electron chi connectivity index (χ0n) is 14.4. The molecule has 6 nitrogen and oxygen atoms in total. The van der Waals surface area contributed by atoms with Gasteiger partial charge < -0.3 is 9.47 Å². The number of carbonyl (C=O) groups excluding carboxylic acids is 4. The third-order valence-corrected chi connectivity index (χ3v) is 4.36. The highest BCUT2D eigenvalue weighted by Gasteiger charge is 2.36. The fraction of sp³-hybridized carbons (Fsp3) is 0.100. The van der Waals surface area contributed by atoms with Gasteiger partial charge in [-0.15, -0.1) is 0 Å². The van der Waals surface area contributed by atoms with Crippen molar-refractivity contribution >= 4 is 40.7 Å². The lowest BCUT2D eigenvalue weighted by Crippen LogP contribution is -2.22. The van der Waals surface area contributed by atoms with Gasteiger partial charge in [-0.25, -0.2) is 4.79 Å². The normalized spacial score (nSPS) is 13.3. The summed E-state index contributed by atoms with van der Waals surface area (Å²) in [6.45, 7) is 1.18. The van der Waals surface area contributed by atoms with E-state index in [1.807, 2.05) is 0 Å². The Hall–Kier alpha value is -3.25. The van der Waals surface area contributed by atoms with Crippen LogP contribution in [0.25, 0.3) is 5.57 Å². The molecule has 0 N–H and O–H groups in total. The molecule has 0 heterocycles. The summed E-state index contributed by atoms with van der Waals surface area (Å²) >= 11 is 6.24. The van der Waals surface area contributed by atoms with E-state index in [0.29, 0.717) is 0 Å². The molecule has 27 heavy (non-hydrogen) atoms. The van der Waals surface area contributed by atoms with Crippen LogP contribution in [-0.4, -0.2) is 30.6 Å². The second kappa shape index (κ2) is 7.17. The first-order valence-corrected chi connectivity index (χ1v) is 8.23. The predicted octanol–water partition coefficient (Wildman–Crippen LogP) is 3.43. The molecule has 1 aliphatic carbocycles. The van der Waals surface area contributed by atoms with Crippen LogP contribution in [0.15, 0.2) is 47.5 Å². The van der Waals surface area contributed by atoms with E-state index < -0.39 is 23.5 Å². The van der Waals surface area contributed by atoms with Crippen molar-refractivity contribution in [3.63, 3.8) is 0 Å². The molecule has 0 fully saturated rings. The minimum Gasteiger partial charge on any atom is -0.465 e. The molecule has 0 atom stereocenters. The molecular formula is C20H13ClO6. The fourth-order valence-electron chi connectivity index (χ4n) is 2.88. The van der Waals surface area contributed by atoms with E-state index in [1.165, 1.54) is 44.4 Å². The van der Waals surface area contributed by atoms with Gasteiger partial charge in [0.25, 0.3) is 0 Å². The monoisotopic (exact) mass is 384 g/mol. The van der Waals surface area contributed by atoms with Crippen molar-refractivity contribution in [2.24, 2.45) is 0 Å². The summed E-state index contributed by atoms with van der Waals surface area (Å²) in [4.78, 5) is 49.3. The number of benzene rings is 2. The predicted molar refractivity (Wildman–Crippen MR) is 97.0 cm³/mol. The quantitative estimate of drug-likeness (QED) is 0.595. The summed E-state index contributed by atoms with van der Waals surface area (Å²) in [6, 6.07) is 10.5. The van der Waals surface area contributed by atoms with Crippen molar-refractivity contribution in [1.29, 1.82) is 0 Å². The number of hydrogen-bond acceptors (Lipinski definition) is 6. The van der Waals surface area contributed by atoms with Crippen LogP contribution in [0.5, 0.6) is 5.75 Å². The van der Waals surface area contributed by atoms with E-state index in [0.717, 1.165) is 0 Å². The molecule has 2 aromatic rings. The lowest BCUT2D eigenvalue weighted by molar-refractivity contribution is -0.131. The first kappa shape index (κ1) is 18.5. The van der Waals surface area contributed by atoms with Gasteiger partial charge >= 0.3 is 11.9 Å². The Labute approximate surface area is 159 Å². The number of rotatable bonds is 3. The number of hydrogen-bond donors (Lipinski definition) is 0. The van der Waals surface area contributed by atoms with Crippen molar-refractivity contribution in [2.45, 2.75) is 6.92 Å². The van der Waals surface area contributed by atoms with Gasteiger partial charge in [0.15, 0.2) is 5.78 Å². The van der Waals surface area contributed by atoms with E-state index in [9.17, 15) is 19.2 Å². The maximum atomic E-state index is 13.1. The van der Waals surface area contributed by atoms with Gasteiger partial charge in [-0.3, -0.25) is 14.4 Å². The van der Waals surface area contributed by atoms with Gasteiger partial charge in [0, 0.05) is 18.1 Å². The lowest BCUT2D eigenvalue weighted by Gasteiger charge is -2.21. The Morgan fingerprint density at radius 1 is 0.926 bits per heavy atom. The van der Waals surface area contributed by atoms with Crippen LogP contribution in [-0.2, 0) is 9.53 Å². The minimum atomic E-state index is -0.669. The molecule has 0 saturated carbocycles. The van der Waals surface area contributed by atoms with Gasteiger partial charge in [0.2, 0.25) is 5.78 Å². The van der Waals surface area contributed by atoms with Crippen LogP contribution in [0.3, 0.4) is 0 Å². The summed E-state index contributed by atoms with van der Waals surface area (Å²) in [5, 5.41) is -0.358. The molecule has 136 valence electrons. The van der Waals surface area contributed by atoms with Crippen LogP contribution >= 0.6 is 11.6 Å². The highest BCUT2D eigenvalue weighted by atomic mass is 35.5. The maximum absolute atomic E-state index is 13.1.